The van der Waals surface area contributed by atoms with Gasteiger partial charge in [0, 0.05) is 0 Å². The fourth-order valence-electron chi connectivity index (χ4n) is 1.35. The van der Waals surface area contributed by atoms with Crippen LogP contribution in [0.4, 0.5) is 0 Å². The molecule has 0 bridgehead atoms. The SMILES string of the molecule is Cc1cccc(Oc2cnc(C(N)=NO)cn2)c1. The van der Waals surface area contributed by atoms with E-state index in [0.29, 0.717) is 11.6 Å². The molecule has 0 aliphatic rings. The molecule has 0 fully saturated rings. The van der Waals surface area contributed by atoms with Crippen LogP contribution >= 0.6 is 0 Å². The maximum Gasteiger partial charge on any atom is 0.237 e. The molecule has 1 aromatic heterocycles. The molecule has 2 aromatic rings. The van der Waals surface area contributed by atoms with Gasteiger partial charge in [-0.15, -0.1) is 0 Å². The van der Waals surface area contributed by atoms with E-state index in [4.69, 9.17) is 15.7 Å². The summed E-state index contributed by atoms with van der Waals surface area (Å²) in [4.78, 5) is 7.98. The van der Waals surface area contributed by atoms with E-state index in [1.807, 2.05) is 31.2 Å². The Balaban J connectivity index is 2.16. The molecule has 2 rings (SSSR count). The van der Waals surface area contributed by atoms with Gasteiger partial charge in [0.15, 0.2) is 5.84 Å². The highest BCUT2D eigenvalue weighted by Gasteiger charge is 2.03. The molecule has 0 amide bonds. The Hall–Kier alpha value is -2.63. The van der Waals surface area contributed by atoms with Crippen LogP contribution in [-0.4, -0.2) is 21.0 Å². The van der Waals surface area contributed by atoms with Gasteiger partial charge in [-0.25, -0.2) is 9.97 Å². The molecule has 6 nitrogen and oxygen atoms in total. The van der Waals surface area contributed by atoms with E-state index in [1.165, 1.54) is 12.4 Å². The standard InChI is InChI=1S/C12H12N4O2/c1-8-3-2-4-9(5-8)18-11-7-14-10(6-15-11)12(13)16-17/h2-7,17H,1H3,(H2,13,16). The fraction of sp³-hybridized carbons (Fsp3) is 0.0833. The summed E-state index contributed by atoms with van der Waals surface area (Å²) in [6, 6.07) is 7.58. The van der Waals surface area contributed by atoms with Crippen LogP contribution in [0.2, 0.25) is 0 Å². The minimum atomic E-state index is -0.0930. The first kappa shape index (κ1) is 11.8. The Bertz CT molecular complexity index is 567. The van der Waals surface area contributed by atoms with Crippen LogP contribution in [0.1, 0.15) is 11.3 Å². The molecule has 0 aliphatic heterocycles. The summed E-state index contributed by atoms with van der Waals surface area (Å²) in [6.45, 7) is 1.97. The molecule has 0 aliphatic carbocycles. The quantitative estimate of drug-likeness (QED) is 0.371. The maximum absolute atomic E-state index is 8.49. The molecule has 1 aromatic carbocycles. The van der Waals surface area contributed by atoms with Gasteiger partial charge in [0.25, 0.3) is 0 Å². The van der Waals surface area contributed by atoms with Gasteiger partial charge in [-0.2, -0.15) is 0 Å². The second-order valence-corrected chi connectivity index (χ2v) is 3.64. The molecule has 0 saturated carbocycles. The minimum Gasteiger partial charge on any atom is -0.437 e. The molecule has 92 valence electrons. The van der Waals surface area contributed by atoms with E-state index >= 15 is 0 Å². The Morgan fingerprint density at radius 3 is 2.78 bits per heavy atom. The highest BCUT2D eigenvalue weighted by molar-refractivity contribution is 5.94. The van der Waals surface area contributed by atoms with Gasteiger partial charge in [-0.05, 0) is 24.6 Å². The van der Waals surface area contributed by atoms with Crippen molar-refractivity contribution in [3.63, 3.8) is 0 Å². The molecule has 0 unspecified atom stereocenters. The van der Waals surface area contributed by atoms with Crippen molar-refractivity contribution in [2.75, 3.05) is 0 Å². The van der Waals surface area contributed by atoms with Crippen molar-refractivity contribution in [3.8, 4) is 11.6 Å². The predicted molar refractivity (Wildman–Crippen MR) is 65.8 cm³/mol. The first-order valence-electron chi connectivity index (χ1n) is 5.23. The van der Waals surface area contributed by atoms with Gasteiger partial charge in [0.05, 0.1) is 12.4 Å². The molecule has 18 heavy (non-hydrogen) atoms. The van der Waals surface area contributed by atoms with Gasteiger partial charge in [-0.3, -0.25) is 0 Å². The fourth-order valence-corrected chi connectivity index (χ4v) is 1.35. The second-order valence-electron chi connectivity index (χ2n) is 3.64. The normalized spacial score (nSPS) is 11.3. The van der Waals surface area contributed by atoms with E-state index in [-0.39, 0.29) is 11.5 Å². The zero-order valence-corrected chi connectivity index (χ0v) is 9.74. The Kier molecular flexibility index (Phi) is 3.38. The summed E-state index contributed by atoms with van der Waals surface area (Å²) in [5, 5.41) is 11.3. The number of hydrogen-bond donors (Lipinski definition) is 2. The number of rotatable bonds is 3. The lowest BCUT2D eigenvalue weighted by molar-refractivity contribution is 0.318. The van der Waals surface area contributed by atoms with E-state index in [0.717, 1.165) is 5.56 Å². The molecule has 0 atom stereocenters. The molecular weight excluding hydrogens is 232 g/mol. The Labute approximate surface area is 104 Å². The van der Waals surface area contributed by atoms with E-state index in [9.17, 15) is 0 Å². The van der Waals surface area contributed by atoms with Crippen molar-refractivity contribution >= 4 is 5.84 Å². The molecule has 3 N–H and O–H groups in total. The van der Waals surface area contributed by atoms with E-state index in [1.54, 1.807) is 0 Å². The van der Waals surface area contributed by atoms with Gasteiger partial charge in [0.2, 0.25) is 5.88 Å². The Morgan fingerprint density at radius 1 is 1.33 bits per heavy atom. The third kappa shape index (κ3) is 2.73. The summed E-state index contributed by atoms with van der Waals surface area (Å²) < 4.78 is 5.51. The molecule has 1 heterocycles. The van der Waals surface area contributed by atoms with Crippen LogP contribution in [0.3, 0.4) is 0 Å². The van der Waals surface area contributed by atoms with Crippen LogP contribution in [0.25, 0.3) is 0 Å². The first-order valence-corrected chi connectivity index (χ1v) is 5.23. The lowest BCUT2D eigenvalue weighted by atomic mass is 10.2. The molecular formula is C12H12N4O2. The minimum absolute atomic E-state index is 0.0930. The average Bonchev–Trinajstić information content (AvgIpc) is 2.39. The Morgan fingerprint density at radius 2 is 2.17 bits per heavy atom. The molecule has 0 saturated heterocycles. The smallest absolute Gasteiger partial charge is 0.237 e. The summed E-state index contributed by atoms with van der Waals surface area (Å²) in [5.74, 6) is 0.931. The van der Waals surface area contributed by atoms with Gasteiger partial charge in [-0.1, -0.05) is 17.3 Å². The van der Waals surface area contributed by atoms with Crippen molar-refractivity contribution in [2.45, 2.75) is 6.92 Å². The van der Waals surface area contributed by atoms with Crippen molar-refractivity contribution in [2.24, 2.45) is 10.9 Å². The topological polar surface area (TPSA) is 93.6 Å². The number of ether oxygens (including phenoxy) is 1. The van der Waals surface area contributed by atoms with Gasteiger partial charge in [0.1, 0.15) is 11.4 Å². The van der Waals surface area contributed by atoms with Crippen molar-refractivity contribution < 1.29 is 9.94 Å². The van der Waals surface area contributed by atoms with E-state index in [2.05, 4.69) is 15.1 Å². The van der Waals surface area contributed by atoms with Crippen LogP contribution in [-0.2, 0) is 0 Å². The van der Waals surface area contributed by atoms with Crippen LogP contribution in [0, 0.1) is 6.92 Å². The predicted octanol–water partition coefficient (Wildman–Crippen LogP) is 1.67. The van der Waals surface area contributed by atoms with Crippen LogP contribution in [0.5, 0.6) is 11.6 Å². The monoisotopic (exact) mass is 244 g/mol. The zero-order valence-electron chi connectivity index (χ0n) is 9.74. The number of nitrogens with zero attached hydrogens (tertiary/aromatic N) is 3. The highest BCUT2D eigenvalue weighted by atomic mass is 16.5. The van der Waals surface area contributed by atoms with Crippen LogP contribution in [0.15, 0.2) is 41.8 Å². The molecule has 0 radical (unpaired) electrons. The lowest BCUT2D eigenvalue weighted by Gasteiger charge is -2.05. The lowest BCUT2D eigenvalue weighted by Crippen LogP contribution is -2.15. The summed E-state index contributed by atoms with van der Waals surface area (Å²) in [7, 11) is 0. The number of amidine groups is 1. The van der Waals surface area contributed by atoms with Crippen LogP contribution < -0.4 is 10.5 Å². The number of nitrogens with two attached hydrogens (primary N) is 1. The third-order valence-corrected chi connectivity index (χ3v) is 2.21. The van der Waals surface area contributed by atoms with Gasteiger partial charge >= 0.3 is 0 Å². The largest absolute Gasteiger partial charge is 0.437 e. The van der Waals surface area contributed by atoms with Gasteiger partial charge < -0.3 is 15.7 Å². The third-order valence-electron chi connectivity index (χ3n) is 2.21. The van der Waals surface area contributed by atoms with Crippen molar-refractivity contribution in [3.05, 3.63) is 47.9 Å². The highest BCUT2D eigenvalue weighted by Crippen LogP contribution is 2.19. The average molecular weight is 244 g/mol. The number of aromatic nitrogens is 2. The number of oxime groups is 1. The second kappa shape index (κ2) is 5.13. The molecule has 6 heteroatoms. The summed E-state index contributed by atoms with van der Waals surface area (Å²) >= 11 is 0. The number of hydrogen-bond acceptors (Lipinski definition) is 5. The van der Waals surface area contributed by atoms with Crippen molar-refractivity contribution in [1.29, 1.82) is 0 Å². The summed E-state index contributed by atoms with van der Waals surface area (Å²) in [5.41, 5.74) is 6.75. The summed E-state index contributed by atoms with van der Waals surface area (Å²) in [6.07, 6.45) is 2.79. The van der Waals surface area contributed by atoms with Crippen molar-refractivity contribution in [1.82, 2.24) is 9.97 Å². The molecule has 0 spiro atoms. The first-order chi connectivity index (χ1) is 8.69. The number of aryl methyl sites for hydroxylation is 1. The number of benzene rings is 1. The maximum atomic E-state index is 8.49. The zero-order chi connectivity index (χ0) is 13.0. The van der Waals surface area contributed by atoms with E-state index < -0.39 is 0 Å².